The maximum atomic E-state index is 14.0. The zero-order valence-corrected chi connectivity index (χ0v) is 13.8. The number of methoxy groups -OCH3 is 1. The summed E-state index contributed by atoms with van der Waals surface area (Å²) in [5.74, 6) is -0.439. The Morgan fingerprint density at radius 1 is 1.17 bits per heavy atom. The summed E-state index contributed by atoms with van der Waals surface area (Å²) in [5, 5.41) is 0. The molecule has 0 radical (unpaired) electrons. The highest BCUT2D eigenvalue weighted by atomic mass is 19.1. The van der Waals surface area contributed by atoms with E-state index < -0.39 is 0 Å². The van der Waals surface area contributed by atoms with E-state index >= 15 is 0 Å². The molecule has 6 nitrogen and oxygen atoms in total. The van der Waals surface area contributed by atoms with Crippen LogP contribution in [0.2, 0.25) is 0 Å². The van der Waals surface area contributed by atoms with Crippen LogP contribution in [0.4, 0.5) is 14.9 Å². The highest BCUT2D eigenvalue weighted by molar-refractivity contribution is 5.99. The van der Waals surface area contributed by atoms with Gasteiger partial charge in [0, 0.05) is 32.7 Å². The van der Waals surface area contributed by atoms with E-state index in [0.717, 1.165) is 13.0 Å². The molecule has 24 heavy (non-hydrogen) atoms. The van der Waals surface area contributed by atoms with Crippen molar-refractivity contribution in [2.75, 3.05) is 44.7 Å². The maximum Gasteiger partial charge on any atom is 0.409 e. The molecule has 1 unspecified atom stereocenters. The van der Waals surface area contributed by atoms with Crippen LogP contribution >= 0.6 is 0 Å². The van der Waals surface area contributed by atoms with Crippen LogP contribution in [0.15, 0.2) is 24.3 Å². The molecule has 2 fully saturated rings. The molecule has 1 atom stereocenters. The second kappa shape index (κ2) is 7.17. The van der Waals surface area contributed by atoms with Crippen LogP contribution in [-0.4, -0.2) is 67.7 Å². The van der Waals surface area contributed by atoms with Crippen molar-refractivity contribution in [3.05, 3.63) is 30.1 Å². The molecule has 1 aromatic carbocycles. The molecule has 0 aliphatic carbocycles. The molecule has 0 N–H and O–H groups in total. The first-order valence-electron chi connectivity index (χ1n) is 8.24. The van der Waals surface area contributed by atoms with Gasteiger partial charge in [-0.1, -0.05) is 12.1 Å². The quantitative estimate of drug-likeness (QED) is 0.826. The Morgan fingerprint density at radius 3 is 2.71 bits per heavy atom. The molecule has 0 saturated carbocycles. The smallest absolute Gasteiger partial charge is 0.409 e. The van der Waals surface area contributed by atoms with Crippen LogP contribution < -0.4 is 4.90 Å². The number of carbonyl (C=O) groups is 2. The van der Waals surface area contributed by atoms with Gasteiger partial charge < -0.3 is 14.5 Å². The number of amides is 2. The lowest BCUT2D eigenvalue weighted by Gasteiger charge is -2.26. The Bertz CT molecular complexity index is 625. The van der Waals surface area contributed by atoms with Gasteiger partial charge in [-0.25, -0.2) is 9.18 Å². The van der Waals surface area contributed by atoms with Gasteiger partial charge in [0.2, 0.25) is 5.91 Å². The SMILES string of the molecule is COC(=O)N1CCCN(C2CCN(c3ccccc3F)C2=O)CC1. The number of carbonyl (C=O) groups excluding carboxylic acids is 2. The van der Waals surface area contributed by atoms with Crippen molar-refractivity contribution in [3.63, 3.8) is 0 Å². The van der Waals surface area contributed by atoms with Gasteiger partial charge >= 0.3 is 6.09 Å². The fraction of sp³-hybridized carbons (Fsp3) is 0.529. The summed E-state index contributed by atoms with van der Waals surface area (Å²) in [4.78, 5) is 29.7. The van der Waals surface area contributed by atoms with Gasteiger partial charge in [0.15, 0.2) is 0 Å². The highest BCUT2D eigenvalue weighted by Crippen LogP contribution is 2.27. The summed E-state index contributed by atoms with van der Waals surface area (Å²) < 4.78 is 18.7. The molecule has 2 aliphatic rings. The molecule has 2 heterocycles. The van der Waals surface area contributed by atoms with Crippen molar-refractivity contribution in [1.82, 2.24) is 9.80 Å². The van der Waals surface area contributed by atoms with Gasteiger partial charge in [-0.05, 0) is 25.0 Å². The number of para-hydroxylation sites is 1. The molecule has 0 aromatic heterocycles. The Hall–Kier alpha value is -2.15. The summed E-state index contributed by atoms with van der Waals surface area (Å²) in [6.07, 6.45) is 1.13. The van der Waals surface area contributed by atoms with Crippen LogP contribution in [0.5, 0.6) is 0 Å². The average molecular weight is 335 g/mol. The van der Waals surface area contributed by atoms with Crippen LogP contribution in [0.3, 0.4) is 0 Å². The minimum absolute atomic E-state index is 0.0633. The molecule has 1 aromatic rings. The molecule has 2 amide bonds. The minimum Gasteiger partial charge on any atom is -0.453 e. The molecule has 130 valence electrons. The molecule has 2 saturated heterocycles. The van der Waals surface area contributed by atoms with E-state index in [1.165, 1.54) is 18.1 Å². The van der Waals surface area contributed by atoms with Gasteiger partial charge in [0.1, 0.15) is 5.82 Å². The van der Waals surface area contributed by atoms with Gasteiger partial charge in [0.25, 0.3) is 0 Å². The summed E-state index contributed by atoms with van der Waals surface area (Å²) >= 11 is 0. The fourth-order valence-electron chi connectivity index (χ4n) is 3.47. The lowest BCUT2D eigenvalue weighted by atomic mass is 10.2. The number of anilines is 1. The molecule has 7 heteroatoms. The standard InChI is InChI=1S/C17H22FN3O3/c1-24-17(23)20-9-4-8-19(11-12-20)15-7-10-21(16(15)22)14-6-3-2-5-13(14)18/h2-3,5-6,15H,4,7-12H2,1H3. The highest BCUT2D eigenvalue weighted by Gasteiger charge is 2.38. The maximum absolute atomic E-state index is 14.0. The van der Waals surface area contributed by atoms with E-state index in [9.17, 15) is 14.0 Å². The Morgan fingerprint density at radius 2 is 1.96 bits per heavy atom. The van der Waals surface area contributed by atoms with Crippen molar-refractivity contribution in [2.45, 2.75) is 18.9 Å². The molecule has 0 spiro atoms. The monoisotopic (exact) mass is 335 g/mol. The van der Waals surface area contributed by atoms with Gasteiger partial charge in [-0.2, -0.15) is 0 Å². The number of hydrogen-bond acceptors (Lipinski definition) is 4. The number of rotatable bonds is 2. The van der Waals surface area contributed by atoms with Gasteiger partial charge in [0.05, 0.1) is 18.8 Å². The Kier molecular flexibility index (Phi) is 4.99. The molecular formula is C17H22FN3O3. The number of halogens is 1. The summed E-state index contributed by atoms with van der Waals surface area (Å²) in [6.45, 7) is 3.05. The number of nitrogens with zero attached hydrogens (tertiary/aromatic N) is 3. The van der Waals surface area contributed by atoms with Crippen molar-refractivity contribution in [3.8, 4) is 0 Å². The summed E-state index contributed by atoms with van der Waals surface area (Å²) in [6, 6.07) is 6.11. The van der Waals surface area contributed by atoms with E-state index in [1.807, 2.05) is 0 Å². The predicted molar refractivity (Wildman–Crippen MR) is 87.3 cm³/mol. The second-order valence-electron chi connectivity index (χ2n) is 6.09. The molecule has 2 aliphatic heterocycles. The van der Waals surface area contributed by atoms with Crippen LogP contribution in [0, 0.1) is 5.82 Å². The number of benzene rings is 1. The van der Waals surface area contributed by atoms with Crippen molar-refractivity contribution in [1.29, 1.82) is 0 Å². The summed E-state index contributed by atoms with van der Waals surface area (Å²) in [7, 11) is 1.37. The third-order valence-corrected chi connectivity index (χ3v) is 4.72. The van der Waals surface area contributed by atoms with E-state index in [2.05, 4.69) is 4.90 Å². The average Bonchev–Trinajstić information content (AvgIpc) is 2.82. The molecule has 0 bridgehead atoms. The summed E-state index contributed by atoms with van der Waals surface area (Å²) in [5.41, 5.74) is 0.344. The third kappa shape index (κ3) is 3.21. The first kappa shape index (κ1) is 16.7. The van der Waals surface area contributed by atoms with E-state index in [1.54, 1.807) is 23.1 Å². The fourth-order valence-corrected chi connectivity index (χ4v) is 3.47. The first-order valence-corrected chi connectivity index (χ1v) is 8.24. The van der Waals surface area contributed by atoms with E-state index in [-0.39, 0.29) is 23.9 Å². The van der Waals surface area contributed by atoms with Crippen LogP contribution in [0.1, 0.15) is 12.8 Å². The number of ether oxygens (including phenoxy) is 1. The Balaban J connectivity index is 1.67. The van der Waals surface area contributed by atoms with Crippen LogP contribution in [-0.2, 0) is 9.53 Å². The van der Waals surface area contributed by atoms with Gasteiger partial charge in [-0.3, -0.25) is 9.69 Å². The largest absolute Gasteiger partial charge is 0.453 e. The number of hydrogen-bond donors (Lipinski definition) is 0. The molecular weight excluding hydrogens is 313 g/mol. The van der Waals surface area contributed by atoms with Crippen molar-refractivity contribution in [2.24, 2.45) is 0 Å². The predicted octanol–water partition coefficient (Wildman–Crippen LogP) is 1.71. The zero-order chi connectivity index (χ0) is 17.1. The molecule has 3 rings (SSSR count). The van der Waals surface area contributed by atoms with Crippen LogP contribution in [0.25, 0.3) is 0 Å². The van der Waals surface area contributed by atoms with Gasteiger partial charge in [-0.15, -0.1) is 0 Å². The Labute approximate surface area is 140 Å². The lowest BCUT2D eigenvalue weighted by Crippen LogP contribution is -2.44. The van der Waals surface area contributed by atoms with Crippen molar-refractivity contribution < 1.29 is 18.7 Å². The third-order valence-electron chi connectivity index (χ3n) is 4.72. The first-order chi connectivity index (χ1) is 11.6. The lowest BCUT2D eigenvalue weighted by molar-refractivity contribution is -0.121. The second-order valence-corrected chi connectivity index (χ2v) is 6.09. The minimum atomic E-state index is -0.376. The normalized spacial score (nSPS) is 22.6. The zero-order valence-electron chi connectivity index (χ0n) is 13.8. The topological polar surface area (TPSA) is 53.1 Å². The van der Waals surface area contributed by atoms with Crippen molar-refractivity contribution >= 4 is 17.7 Å². The van der Waals surface area contributed by atoms with E-state index in [4.69, 9.17) is 4.74 Å². The van der Waals surface area contributed by atoms with E-state index in [0.29, 0.717) is 38.3 Å².